The van der Waals surface area contributed by atoms with Crippen LogP contribution in [0.4, 0.5) is 4.39 Å². The van der Waals surface area contributed by atoms with Crippen LogP contribution in [0.5, 0.6) is 0 Å². The maximum absolute atomic E-state index is 13.2. The minimum Gasteiger partial charge on any atom is -0.381 e. The number of carbonyl (C=O) groups is 1. The van der Waals surface area contributed by atoms with Crippen molar-refractivity contribution >= 4 is 5.91 Å². The summed E-state index contributed by atoms with van der Waals surface area (Å²) in [6, 6.07) is 6.52. The smallest absolute Gasteiger partial charge is 0.231 e. The SMILES string of the molecule is O=C(N[C@H]1CCCNC1)C1(c2ccc(F)cc2)CCOCC1. The molecule has 0 aliphatic carbocycles. The predicted molar refractivity (Wildman–Crippen MR) is 82.2 cm³/mol. The fourth-order valence-electron chi connectivity index (χ4n) is 3.43. The summed E-state index contributed by atoms with van der Waals surface area (Å²) in [4.78, 5) is 13.0. The Labute approximate surface area is 130 Å². The van der Waals surface area contributed by atoms with Crippen molar-refractivity contribution in [2.24, 2.45) is 0 Å². The minimum atomic E-state index is -0.594. The van der Waals surface area contributed by atoms with Gasteiger partial charge >= 0.3 is 0 Å². The summed E-state index contributed by atoms with van der Waals surface area (Å²) in [7, 11) is 0. The van der Waals surface area contributed by atoms with Crippen LogP contribution in [0.2, 0.25) is 0 Å². The molecule has 0 unspecified atom stereocenters. The maximum atomic E-state index is 13.2. The number of benzene rings is 1. The van der Waals surface area contributed by atoms with Crippen molar-refractivity contribution in [3.05, 3.63) is 35.6 Å². The Kier molecular flexibility index (Phi) is 4.74. The highest BCUT2D eigenvalue weighted by molar-refractivity contribution is 5.88. The average Bonchev–Trinajstić information content (AvgIpc) is 2.57. The highest BCUT2D eigenvalue weighted by atomic mass is 19.1. The van der Waals surface area contributed by atoms with Gasteiger partial charge < -0.3 is 15.4 Å². The first-order valence-corrected chi connectivity index (χ1v) is 8.06. The summed E-state index contributed by atoms with van der Waals surface area (Å²) in [6.45, 7) is 2.96. The minimum absolute atomic E-state index is 0.0520. The fraction of sp³-hybridized carbons (Fsp3) is 0.588. The average molecular weight is 306 g/mol. The van der Waals surface area contributed by atoms with E-state index in [1.54, 1.807) is 12.1 Å². The summed E-state index contributed by atoms with van der Waals surface area (Å²) in [6.07, 6.45) is 3.38. The number of piperidine rings is 1. The lowest BCUT2D eigenvalue weighted by atomic mass is 9.73. The molecule has 1 atom stereocenters. The molecule has 2 heterocycles. The Bertz CT molecular complexity index is 506. The molecular weight excluding hydrogens is 283 g/mol. The Morgan fingerprint density at radius 1 is 1.27 bits per heavy atom. The predicted octanol–water partition coefficient (Wildman–Crippen LogP) is 1.74. The van der Waals surface area contributed by atoms with Gasteiger partial charge in [-0.2, -0.15) is 0 Å². The molecule has 2 N–H and O–H groups in total. The van der Waals surface area contributed by atoms with Crippen molar-refractivity contribution < 1.29 is 13.9 Å². The Hall–Kier alpha value is -1.46. The zero-order chi connectivity index (χ0) is 15.4. The molecular formula is C17H23FN2O2. The van der Waals surface area contributed by atoms with Crippen LogP contribution in [-0.2, 0) is 14.9 Å². The lowest BCUT2D eigenvalue weighted by molar-refractivity contribution is -0.131. The van der Waals surface area contributed by atoms with Crippen LogP contribution < -0.4 is 10.6 Å². The molecule has 3 rings (SSSR count). The van der Waals surface area contributed by atoms with Crippen molar-refractivity contribution in [2.45, 2.75) is 37.1 Å². The zero-order valence-corrected chi connectivity index (χ0v) is 12.7. The Balaban J connectivity index is 1.81. The molecule has 0 bridgehead atoms. The van der Waals surface area contributed by atoms with Crippen LogP contribution in [0.15, 0.2) is 24.3 Å². The largest absolute Gasteiger partial charge is 0.381 e. The van der Waals surface area contributed by atoms with Gasteiger partial charge in [0.15, 0.2) is 0 Å². The monoisotopic (exact) mass is 306 g/mol. The third kappa shape index (κ3) is 3.15. The van der Waals surface area contributed by atoms with Crippen LogP contribution in [0.3, 0.4) is 0 Å². The number of nitrogens with one attached hydrogen (secondary N) is 2. The summed E-state index contributed by atoms with van der Waals surface area (Å²) in [5.41, 5.74) is 0.294. The molecule has 0 aromatic heterocycles. The highest BCUT2D eigenvalue weighted by Crippen LogP contribution is 2.35. The molecule has 1 aromatic rings. The fourth-order valence-corrected chi connectivity index (χ4v) is 3.43. The quantitative estimate of drug-likeness (QED) is 0.894. The molecule has 0 spiro atoms. The van der Waals surface area contributed by atoms with Crippen LogP contribution in [0, 0.1) is 5.82 Å². The summed E-state index contributed by atoms with van der Waals surface area (Å²) in [5.74, 6) is -0.223. The van der Waals surface area contributed by atoms with Gasteiger partial charge in [-0.25, -0.2) is 4.39 Å². The number of halogens is 1. The number of amides is 1. The molecule has 22 heavy (non-hydrogen) atoms. The van der Waals surface area contributed by atoms with E-state index in [9.17, 15) is 9.18 Å². The van der Waals surface area contributed by atoms with E-state index in [2.05, 4.69) is 10.6 Å². The van der Waals surface area contributed by atoms with E-state index in [1.807, 2.05) is 0 Å². The molecule has 2 aliphatic rings. The van der Waals surface area contributed by atoms with E-state index in [0.29, 0.717) is 26.1 Å². The van der Waals surface area contributed by atoms with Crippen molar-refractivity contribution in [1.29, 1.82) is 0 Å². The van der Waals surface area contributed by atoms with Crippen LogP contribution in [-0.4, -0.2) is 38.3 Å². The van der Waals surface area contributed by atoms with Gasteiger partial charge in [0.1, 0.15) is 5.82 Å². The van der Waals surface area contributed by atoms with Gasteiger partial charge in [-0.3, -0.25) is 4.79 Å². The van der Waals surface area contributed by atoms with Gasteiger partial charge in [-0.05, 0) is 49.9 Å². The Morgan fingerprint density at radius 2 is 2.00 bits per heavy atom. The second-order valence-corrected chi connectivity index (χ2v) is 6.22. The van der Waals surface area contributed by atoms with E-state index >= 15 is 0 Å². The van der Waals surface area contributed by atoms with Crippen molar-refractivity contribution in [2.75, 3.05) is 26.3 Å². The third-order valence-corrected chi connectivity index (χ3v) is 4.81. The molecule has 1 amide bonds. The van der Waals surface area contributed by atoms with E-state index in [1.165, 1.54) is 12.1 Å². The number of ether oxygens (including phenoxy) is 1. The first-order chi connectivity index (χ1) is 10.7. The van der Waals surface area contributed by atoms with Gasteiger partial charge in [0.05, 0.1) is 5.41 Å². The number of carbonyl (C=O) groups excluding carboxylic acids is 1. The summed E-state index contributed by atoms with van der Waals surface area (Å²) >= 11 is 0. The van der Waals surface area contributed by atoms with Crippen molar-refractivity contribution in [3.8, 4) is 0 Å². The summed E-state index contributed by atoms with van der Waals surface area (Å²) < 4.78 is 18.7. The second-order valence-electron chi connectivity index (χ2n) is 6.22. The lowest BCUT2D eigenvalue weighted by Crippen LogP contribution is -2.54. The molecule has 120 valence electrons. The molecule has 2 saturated heterocycles. The standard InChI is InChI=1S/C17H23FN2O2/c18-14-5-3-13(4-6-14)17(7-10-22-11-8-17)16(21)20-15-2-1-9-19-12-15/h3-6,15,19H,1-2,7-12H2,(H,20,21)/t15-/m0/s1. The number of hydrogen-bond donors (Lipinski definition) is 2. The highest BCUT2D eigenvalue weighted by Gasteiger charge is 2.42. The van der Waals surface area contributed by atoms with Crippen LogP contribution in [0.25, 0.3) is 0 Å². The Morgan fingerprint density at radius 3 is 2.64 bits per heavy atom. The summed E-state index contributed by atoms with van der Waals surface area (Å²) in [5, 5.41) is 6.51. The molecule has 0 radical (unpaired) electrons. The van der Waals surface area contributed by atoms with Gasteiger partial charge in [-0.1, -0.05) is 12.1 Å². The van der Waals surface area contributed by atoms with Crippen molar-refractivity contribution in [3.63, 3.8) is 0 Å². The number of hydrogen-bond acceptors (Lipinski definition) is 3. The second kappa shape index (κ2) is 6.75. The van der Waals surface area contributed by atoms with Gasteiger partial charge in [0.2, 0.25) is 5.91 Å². The van der Waals surface area contributed by atoms with E-state index < -0.39 is 5.41 Å². The van der Waals surface area contributed by atoms with E-state index in [4.69, 9.17) is 4.74 Å². The molecule has 5 heteroatoms. The molecule has 2 fully saturated rings. The van der Waals surface area contributed by atoms with Gasteiger partial charge in [0, 0.05) is 25.8 Å². The van der Waals surface area contributed by atoms with Gasteiger partial charge in [0.25, 0.3) is 0 Å². The maximum Gasteiger partial charge on any atom is 0.231 e. The topological polar surface area (TPSA) is 50.4 Å². The normalized spacial score (nSPS) is 24.7. The molecule has 1 aromatic carbocycles. The van der Waals surface area contributed by atoms with Gasteiger partial charge in [-0.15, -0.1) is 0 Å². The number of rotatable bonds is 3. The van der Waals surface area contributed by atoms with Crippen LogP contribution in [0.1, 0.15) is 31.2 Å². The zero-order valence-electron chi connectivity index (χ0n) is 12.7. The molecule has 0 saturated carbocycles. The first-order valence-electron chi connectivity index (χ1n) is 8.06. The van der Waals surface area contributed by atoms with E-state index in [-0.39, 0.29) is 17.8 Å². The van der Waals surface area contributed by atoms with E-state index in [0.717, 1.165) is 31.5 Å². The molecule has 4 nitrogen and oxygen atoms in total. The van der Waals surface area contributed by atoms with Crippen LogP contribution >= 0.6 is 0 Å². The lowest BCUT2D eigenvalue weighted by Gasteiger charge is -2.38. The van der Waals surface area contributed by atoms with Crippen molar-refractivity contribution in [1.82, 2.24) is 10.6 Å². The third-order valence-electron chi connectivity index (χ3n) is 4.81. The first kappa shape index (κ1) is 15.4. The molecule has 2 aliphatic heterocycles.